The van der Waals surface area contributed by atoms with Crippen LogP contribution < -0.4 is 9.64 Å². The van der Waals surface area contributed by atoms with E-state index in [1.807, 2.05) is 25.1 Å². The summed E-state index contributed by atoms with van der Waals surface area (Å²) < 4.78 is 5.09. The Morgan fingerprint density at radius 2 is 2.00 bits per heavy atom. The van der Waals surface area contributed by atoms with Crippen molar-refractivity contribution in [2.24, 2.45) is 0 Å². The number of non-ortho nitro benzene ring substituents is 1. The van der Waals surface area contributed by atoms with Gasteiger partial charge >= 0.3 is 0 Å². The second kappa shape index (κ2) is 5.56. The summed E-state index contributed by atoms with van der Waals surface area (Å²) in [6, 6.07) is 8.24. The van der Waals surface area contributed by atoms with Gasteiger partial charge in [-0.05, 0) is 12.1 Å². The van der Waals surface area contributed by atoms with E-state index >= 15 is 0 Å². The van der Waals surface area contributed by atoms with Gasteiger partial charge in [-0.1, -0.05) is 0 Å². The van der Waals surface area contributed by atoms with Gasteiger partial charge in [0.1, 0.15) is 5.82 Å². The zero-order chi connectivity index (χ0) is 16.6. The SMILES string of the molecule is COc1ccc2[nH]c(-c3ccc([N+](=O)[O-])cc3N(C)C)nc2n1. The van der Waals surface area contributed by atoms with Crippen LogP contribution >= 0.6 is 0 Å². The summed E-state index contributed by atoms with van der Waals surface area (Å²) in [4.78, 5) is 24.3. The molecule has 0 aliphatic heterocycles. The number of nitrogens with one attached hydrogen (secondary N) is 1. The Morgan fingerprint density at radius 1 is 1.22 bits per heavy atom. The highest BCUT2D eigenvalue weighted by atomic mass is 16.6. The minimum atomic E-state index is -0.415. The lowest BCUT2D eigenvalue weighted by molar-refractivity contribution is -0.384. The van der Waals surface area contributed by atoms with Crippen molar-refractivity contribution in [3.8, 4) is 17.3 Å². The first-order chi connectivity index (χ1) is 11.0. The number of imidazole rings is 1. The third-order valence-electron chi connectivity index (χ3n) is 3.46. The van der Waals surface area contributed by atoms with Crippen molar-refractivity contribution in [1.29, 1.82) is 0 Å². The van der Waals surface area contributed by atoms with E-state index in [0.29, 0.717) is 23.0 Å². The van der Waals surface area contributed by atoms with Crippen LogP contribution in [0.15, 0.2) is 30.3 Å². The molecule has 8 nitrogen and oxygen atoms in total. The fourth-order valence-corrected chi connectivity index (χ4v) is 2.32. The van der Waals surface area contributed by atoms with Gasteiger partial charge in [-0.15, -0.1) is 0 Å². The first kappa shape index (κ1) is 14.8. The van der Waals surface area contributed by atoms with E-state index in [1.54, 1.807) is 19.2 Å². The molecule has 0 radical (unpaired) electrons. The van der Waals surface area contributed by atoms with E-state index in [-0.39, 0.29) is 5.69 Å². The molecule has 0 saturated heterocycles. The Bertz CT molecular complexity index is 888. The van der Waals surface area contributed by atoms with E-state index < -0.39 is 4.92 Å². The number of nitro benzene ring substituents is 1. The molecule has 0 spiro atoms. The summed E-state index contributed by atoms with van der Waals surface area (Å²) in [6.07, 6.45) is 0. The maximum absolute atomic E-state index is 11.0. The number of rotatable bonds is 4. The van der Waals surface area contributed by atoms with Gasteiger partial charge in [-0.25, -0.2) is 4.98 Å². The number of benzene rings is 1. The molecule has 0 aliphatic rings. The van der Waals surface area contributed by atoms with Crippen LogP contribution in [0, 0.1) is 10.1 Å². The Balaban J connectivity index is 2.15. The molecule has 0 atom stereocenters. The first-order valence-corrected chi connectivity index (χ1v) is 6.86. The first-order valence-electron chi connectivity index (χ1n) is 6.86. The van der Waals surface area contributed by atoms with Crippen molar-refractivity contribution in [1.82, 2.24) is 15.0 Å². The standard InChI is InChI=1S/C15H15N5O3/c1-19(2)12-8-9(20(21)22)4-5-10(12)14-16-11-6-7-13(23-3)17-15(11)18-14/h4-8H,1-3H3,(H,16,17,18). The molecule has 2 aromatic heterocycles. The lowest BCUT2D eigenvalue weighted by Gasteiger charge is -2.15. The molecule has 3 rings (SSSR count). The number of nitro groups is 1. The van der Waals surface area contributed by atoms with Crippen LogP contribution in [0.4, 0.5) is 11.4 Å². The van der Waals surface area contributed by atoms with Crippen molar-refractivity contribution >= 4 is 22.5 Å². The fraction of sp³-hybridized carbons (Fsp3) is 0.200. The highest BCUT2D eigenvalue weighted by Crippen LogP contribution is 2.32. The maximum atomic E-state index is 11.0. The second-order valence-corrected chi connectivity index (χ2v) is 5.16. The van der Waals surface area contributed by atoms with Gasteiger partial charge < -0.3 is 14.6 Å². The van der Waals surface area contributed by atoms with Gasteiger partial charge in [0.05, 0.1) is 23.2 Å². The number of aromatic amines is 1. The summed E-state index contributed by atoms with van der Waals surface area (Å²) in [5.41, 5.74) is 2.79. The molecule has 2 heterocycles. The molecule has 8 heteroatoms. The van der Waals surface area contributed by atoms with Crippen molar-refractivity contribution in [3.05, 3.63) is 40.4 Å². The number of aromatic nitrogens is 3. The van der Waals surface area contributed by atoms with E-state index in [0.717, 1.165) is 11.1 Å². The van der Waals surface area contributed by atoms with Gasteiger partial charge in [0.2, 0.25) is 5.88 Å². The number of anilines is 1. The molecule has 1 aromatic carbocycles. The monoisotopic (exact) mass is 313 g/mol. The Hall–Kier alpha value is -3.16. The molecule has 0 aliphatic carbocycles. The molecule has 0 amide bonds. The zero-order valence-electron chi connectivity index (χ0n) is 12.9. The molecule has 1 N–H and O–H groups in total. The van der Waals surface area contributed by atoms with Gasteiger partial charge in [-0.3, -0.25) is 10.1 Å². The smallest absolute Gasteiger partial charge is 0.271 e. The number of methoxy groups -OCH3 is 1. The summed E-state index contributed by atoms with van der Waals surface area (Å²) in [6.45, 7) is 0. The third-order valence-corrected chi connectivity index (χ3v) is 3.46. The van der Waals surface area contributed by atoms with Crippen LogP contribution in [0.25, 0.3) is 22.6 Å². The number of nitrogens with zero attached hydrogens (tertiary/aromatic N) is 4. The summed E-state index contributed by atoms with van der Waals surface area (Å²) in [7, 11) is 5.20. The highest BCUT2D eigenvalue weighted by molar-refractivity contribution is 5.82. The van der Waals surface area contributed by atoms with Crippen LogP contribution in [0.2, 0.25) is 0 Å². The largest absolute Gasteiger partial charge is 0.481 e. The lowest BCUT2D eigenvalue weighted by atomic mass is 10.1. The predicted octanol–water partition coefficient (Wildman–Crippen LogP) is 2.61. The van der Waals surface area contributed by atoms with E-state index in [2.05, 4.69) is 15.0 Å². The van der Waals surface area contributed by atoms with E-state index in [9.17, 15) is 10.1 Å². The van der Waals surface area contributed by atoms with Gasteiger partial charge in [0.25, 0.3) is 5.69 Å². The fourth-order valence-electron chi connectivity index (χ4n) is 2.32. The van der Waals surface area contributed by atoms with Crippen molar-refractivity contribution in [3.63, 3.8) is 0 Å². The zero-order valence-corrected chi connectivity index (χ0v) is 12.9. The summed E-state index contributed by atoms with van der Waals surface area (Å²) in [5, 5.41) is 11.0. The minimum absolute atomic E-state index is 0.0355. The molecule has 0 bridgehead atoms. The quantitative estimate of drug-likeness (QED) is 0.587. The van der Waals surface area contributed by atoms with E-state index in [1.165, 1.54) is 12.1 Å². The topological polar surface area (TPSA) is 97.2 Å². The molecule has 0 unspecified atom stereocenters. The Morgan fingerprint density at radius 3 is 2.65 bits per heavy atom. The van der Waals surface area contributed by atoms with Crippen molar-refractivity contribution < 1.29 is 9.66 Å². The molecule has 118 valence electrons. The summed E-state index contributed by atoms with van der Waals surface area (Å²) >= 11 is 0. The van der Waals surface area contributed by atoms with Crippen LogP contribution in [0.1, 0.15) is 0 Å². The number of fused-ring (bicyclic) bond motifs is 1. The van der Waals surface area contributed by atoms with Crippen molar-refractivity contribution in [2.75, 3.05) is 26.1 Å². The van der Waals surface area contributed by atoms with Crippen LogP contribution in [-0.2, 0) is 0 Å². The molecule has 0 saturated carbocycles. The van der Waals surface area contributed by atoms with Gasteiger partial charge in [0, 0.05) is 37.9 Å². The average Bonchev–Trinajstić information content (AvgIpc) is 2.96. The number of hydrogen-bond acceptors (Lipinski definition) is 6. The molecule has 0 fully saturated rings. The summed E-state index contributed by atoms with van der Waals surface area (Å²) in [5.74, 6) is 1.08. The molecular formula is C15H15N5O3. The van der Waals surface area contributed by atoms with E-state index in [4.69, 9.17) is 4.74 Å². The molecule has 23 heavy (non-hydrogen) atoms. The van der Waals surface area contributed by atoms with Crippen LogP contribution in [0.3, 0.4) is 0 Å². The van der Waals surface area contributed by atoms with Gasteiger partial charge in [0.15, 0.2) is 5.65 Å². The number of ether oxygens (including phenoxy) is 1. The normalized spacial score (nSPS) is 10.7. The Kier molecular flexibility index (Phi) is 3.57. The molecular weight excluding hydrogens is 298 g/mol. The van der Waals surface area contributed by atoms with Crippen LogP contribution in [-0.4, -0.2) is 41.1 Å². The van der Waals surface area contributed by atoms with Gasteiger partial charge in [-0.2, -0.15) is 4.98 Å². The molecule has 3 aromatic rings. The minimum Gasteiger partial charge on any atom is -0.481 e. The third kappa shape index (κ3) is 2.66. The predicted molar refractivity (Wildman–Crippen MR) is 86.9 cm³/mol. The number of pyridine rings is 1. The highest BCUT2D eigenvalue weighted by Gasteiger charge is 2.16. The number of hydrogen-bond donors (Lipinski definition) is 1. The maximum Gasteiger partial charge on any atom is 0.271 e. The second-order valence-electron chi connectivity index (χ2n) is 5.16. The average molecular weight is 313 g/mol. The number of H-pyrrole nitrogens is 1. The Labute approximate surface area is 131 Å². The van der Waals surface area contributed by atoms with Crippen LogP contribution in [0.5, 0.6) is 5.88 Å². The lowest BCUT2D eigenvalue weighted by Crippen LogP contribution is -2.10. The van der Waals surface area contributed by atoms with Crippen molar-refractivity contribution in [2.45, 2.75) is 0 Å².